The molecular weight excluding hydrogens is 212 g/mol. The van der Waals surface area contributed by atoms with Crippen LogP contribution in [0.1, 0.15) is 33.6 Å². The van der Waals surface area contributed by atoms with Gasteiger partial charge in [0.1, 0.15) is 0 Å². The van der Waals surface area contributed by atoms with E-state index in [4.69, 9.17) is 0 Å². The van der Waals surface area contributed by atoms with Gasteiger partial charge in [0.05, 0.1) is 5.60 Å². The van der Waals surface area contributed by atoms with Crippen LogP contribution in [0.5, 0.6) is 0 Å². The lowest BCUT2D eigenvalue weighted by atomic mass is 9.67. The van der Waals surface area contributed by atoms with Crippen LogP contribution in [-0.2, 0) is 9.59 Å². The van der Waals surface area contributed by atoms with Crippen LogP contribution in [-0.4, -0.2) is 28.6 Å². The van der Waals surface area contributed by atoms with Gasteiger partial charge in [-0.25, -0.2) is 4.79 Å². The highest BCUT2D eigenvalue weighted by Gasteiger charge is 2.59. The fourth-order valence-electron chi connectivity index (χ4n) is 2.05. The van der Waals surface area contributed by atoms with Gasteiger partial charge in [0.15, 0.2) is 5.41 Å². The van der Waals surface area contributed by atoms with Gasteiger partial charge in [0.2, 0.25) is 11.8 Å². The van der Waals surface area contributed by atoms with E-state index in [0.29, 0.717) is 0 Å². The molecule has 0 aromatic carbocycles. The Labute approximate surface area is 93.4 Å². The molecule has 1 unspecified atom stereocenters. The van der Waals surface area contributed by atoms with E-state index in [1.165, 1.54) is 6.92 Å². The summed E-state index contributed by atoms with van der Waals surface area (Å²) in [6.45, 7) is 4.72. The quantitative estimate of drug-likeness (QED) is 0.588. The molecule has 0 aliphatic carbocycles. The van der Waals surface area contributed by atoms with Crippen molar-refractivity contribution in [1.82, 2.24) is 10.6 Å². The van der Waals surface area contributed by atoms with Crippen LogP contribution >= 0.6 is 0 Å². The summed E-state index contributed by atoms with van der Waals surface area (Å²) >= 11 is 0. The summed E-state index contributed by atoms with van der Waals surface area (Å²) in [5.74, 6) is -1.48. The van der Waals surface area contributed by atoms with Crippen molar-refractivity contribution in [2.45, 2.75) is 39.2 Å². The first-order valence-corrected chi connectivity index (χ1v) is 5.21. The van der Waals surface area contributed by atoms with Gasteiger partial charge in [-0.05, 0) is 19.8 Å². The first kappa shape index (κ1) is 12.6. The number of imide groups is 2. The van der Waals surface area contributed by atoms with Crippen LogP contribution in [0, 0.1) is 5.41 Å². The van der Waals surface area contributed by atoms with Crippen molar-refractivity contribution in [3.63, 3.8) is 0 Å². The van der Waals surface area contributed by atoms with Crippen molar-refractivity contribution in [2.24, 2.45) is 5.41 Å². The van der Waals surface area contributed by atoms with Crippen LogP contribution in [0.2, 0.25) is 0 Å². The lowest BCUT2D eigenvalue weighted by Gasteiger charge is -2.43. The molecule has 1 atom stereocenters. The summed E-state index contributed by atoms with van der Waals surface area (Å²) in [7, 11) is 0. The highest BCUT2D eigenvalue weighted by atomic mass is 16.3. The topological polar surface area (TPSA) is 95.5 Å². The summed E-state index contributed by atoms with van der Waals surface area (Å²) in [6.07, 6.45) is 0.356. The summed E-state index contributed by atoms with van der Waals surface area (Å²) in [5.41, 5.74) is -3.09. The molecule has 1 saturated heterocycles. The number of urea groups is 1. The van der Waals surface area contributed by atoms with E-state index in [0.717, 1.165) is 0 Å². The predicted octanol–water partition coefficient (Wildman–Crippen LogP) is -0.0902. The summed E-state index contributed by atoms with van der Waals surface area (Å²) in [5, 5.41) is 14.2. The van der Waals surface area contributed by atoms with Gasteiger partial charge in [0, 0.05) is 0 Å². The normalized spacial score (nSPS) is 23.4. The molecule has 1 aliphatic heterocycles. The summed E-state index contributed by atoms with van der Waals surface area (Å²) < 4.78 is 0. The minimum atomic E-state index is -1.60. The number of barbiturate groups is 1. The average molecular weight is 228 g/mol. The second kappa shape index (κ2) is 3.86. The Bertz CT molecular complexity index is 329. The molecule has 1 rings (SSSR count). The molecule has 16 heavy (non-hydrogen) atoms. The fourth-order valence-corrected chi connectivity index (χ4v) is 2.05. The minimum Gasteiger partial charge on any atom is -0.389 e. The Morgan fingerprint density at radius 3 is 1.94 bits per heavy atom. The van der Waals surface area contributed by atoms with Crippen LogP contribution in [0.15, 0.2) is 0 Å². The number of hydrogen-bond acceptors (Lipinski definition) is 4. The second-order valence-corrected chi connectivity index (χ2v) is 4.12. The first-order chi connectivity index (χ1) is 7.31. The van der Waals surface area contributed by atoms with E-state index < -0.39 is 28.9 Å². The number of hydrogen-bond donors (Lipinski definition) is 3. The Balaban J connectivity index is 3.26. The molecule has 0 aromatic heterocycles. The Morgan fingerprint density at radius 2 is 1.62 bits per heavy atom. The third-order valence-electron chi connectivity index (χ3n) is 3.37. The Morgan fingerprint density at radius 1 is 1.19 bits per heavy atom. The molecule has 0 bridgehead atoms. The number of nitrogens with one attached hydrogen (secondary N) is 2. The van der Waals surface area contributed by atoms with E-state index in [-0.39, 0.29) is 12.8 Å². The lowest BCUT2D eigenvalue weighted by molar-refractivity contribution is -0.164. The Kier molecular flexibility index (Phi) is 3.05. The van der Waals surface area contributed by atoms with Crippen LogP contribution in [0.3, 0.4) is 0 Å². The van der Waals surface area contributed by atoms with Crippen molar-refractivity contribution in [3.8, 4) is 0 Å². The number of carbonyl (C=O) groups is 3. The van der Waals surface area contributed by atoms with Crippen LogP contribution in [0.4, 0.5) is 4.79 Å². The monoisotopic (exact) mass is 228 g/mol. The third kappa shape index (κ3) is 1.49. The molecule has 1 fully saturated rings. The highest BCUT2D eigenvalue weighted by molar-refractivity contribution is 6.19. The standard InChI is InChI=1S/C10H16N2O4/c1-4-9(3,16)10(5-2)6(13)11-8(15)12-7(10)14/h16H,4-5H2,1-3H3,(H2,11,12,13,14,15). The average Bonchev–Trinajstić information content (AvgIpc) is 2.17. The van der Waals surface area contributed by atoms with Crippen molar-refractivity contribution < 1.29 is 19.5 Å². The molecule has 0 radical (unpaired) electrons. The van der Waals surface area contributed by atoms with Gasteiger partial charge in [-0.1, -0.05) is 13.8 Å². The van der Waals surface area contributed by atoms with Gasteiger partial charge >= 0.3 is 6.03 Å². The Hall–Kier alpha value is -1.43. The maximum Gasteiger partial charge on any atom is 0.328 e. The number of rotatable bonds is 3. The molecule has 3 N–H and O–H groups in total. The van der Waals surface area contributed by atoms with Gasteiger partial charge in [-0.2, -0.15) is 0 Å². The zero-order valence-corrected chi connectivity index (χ0v) is 9.59. The van der Waals surface area contributed by atoms with Crippen molar-refractivity contribution in [1.29, 1.82) is 0 Å². The number of aliphatic hydroxyl groups is 1. The zero-order valence-electron chi connectivity index (χ0n) is 9.59. The lowest BCUT2D eigenvalue weighted by Crippen LogP contribution is -2.69. The van der Waals surface area contributed by atoms with Crippen molar-refractivity contribution >= 4 is 17.8 Å². The van der Waals surface area contributed by atoms with Gasteiger partial charge in [-0.15, -0.1) is 0 Å². The smallest absolute Gasteiger partial charge is 0.328 e. The van der Waals surface area contributed by atoms with Gasteiger partial charge < -0.3 is 5.11 Å². The van der Waals surface area contributed by atoms with E-state index in [9.17, 15) is 19.5 Å². The molecule has 6 heteroatoms. The molecule has 90 valence electrons. The molecule has 0 spiro atoms. The van der Waals surface area contributed by atoms with Crippen molar-refractivity contribution in [2.75, 3.05) is 0 Å². The third-order valence-corrected chi connectivity index (χ3v) is 3.37. The van der Waals surface area contributed by atoms with Crippen molar-refractivity contribution in [3.05, 3.63) is 0 Å². The summed E-state index contributed by atoms with van der Waals surface area (Å²) in [6, 6.07) is -0.842. The fraction of sp³-hybridized carbons (Fsp3) is 0.700. The molecule has 0 saturated carbocycles. The maximum atomic E-state index is 11.8. The number of amides is 4. The summed E-state index contributed by atoms with van der Waals surface area (Å²) in [4.78, 5) is 34.6. The zero-order chi connectivity index (χ0) is 12.6. The largest absolute Gasteiger partial charge is 0.389 e. The minimum absolute atomic E-state index is 0.124. The van der Waals surface area contributed by atoms with Gasteiger partial charge in [0.25, 0.3) is 0 Å². The number of carbonyl (C=O) groups excluding carboxylic acids is 3. The molecule has 6 nitrogen and oxygen atoms in total. The molecule has 1 aliphatic rings. The molecular formula is C10H16N2O4. The maximum absolute atomic E-state index is 11.8. The molecule has 1 heterocycles. The van der Waals surface area contributed by atoms with E-state index in [1.807, 2.05) is 10.6 Å². The predicted molar refractivity (Wildman–Crippen MR) is 55.3 cm³/mol. The molecule has 4 amide bonds. The highest BCUT2D eigenvalue weighted by Crippen LogP contribution is 2.39. The van der Waals surface area contributed by atoms with Crippen LogP contribution in [0.25, 0.3) is 0 Å². The van der Waals surface area contributed by atoms with E-state index in [2.05, 4.69) is 0 Å². The van der Waals surface area contributed by atoms with Crippen LogP contribution < -0.4 is 10.6 Å². The van der Waals surface area contributed by atoms with Gasteiger partial charge in [-0.3, -0.25) is 20.2 Å². The second-order valence-electron chi connectivity index (χ2n) is 4.12. The SMILES string of the molecule is CCC(C)(O)C1(CC)C(=O)NC(=O)NC1=O. The molecule has 0 aromatic rings. The van der Waals surface area contributed by atoms with E-state index in [1.54, 1.807) is 13.8 Å². The van der Waals surface area contributed by atoms with E-state index >= 15 is 0 Å². The first-order valence-electron chi connectivity index (χ1n) is 5.21.